The topological polar surface area (TPSA) is 70.4 Å². The fraction of sp³-hybridized carbons (Fsp3) is 0.714. The van der Waals surface area contributed by atoms with E-state index < -0.39 is 0 Å². The number of rotatable bonds is 6. The summed E-state index contributed by atoms with van der Waals surface area (Å²) in [6.45, 7) is 3.16. The van der Waals surface area contributed by atoms with Crippen LogP contribution >= 0.6 is 11.6 Å². The molecule has 0 bridgehead atoms. The van der Waals surface area contributed by atoms with Crippen LogP contribution in [0.15, 0.2) is 11.0 Å². The van der Waals surface area contributed by atoms with Crippen molar-refractivity contribution < 1.29 is 5.11 Å². The Kier molecular flexibility index (Phi) is 4.47. The average molecular weight is 313 g/mol. The third-order valence-electron chi connectivity index (χ3n) is 4.26. The average Bonchev–Trinajstić information content (AvgIpc) is 3.23. The molecule has 2 N–H and O–H groups in total. The summed E-state index contributed by atoms with van der Waals surface area (Å²) in [7, 11) is 0. The second kappa shape index (κ2) is 6.34. The molecule has 1 aromatic heterocycles. The summed E-state index contributed by atoms with van der Waals surface area (Å²) in [5.41, 5.74) is 0.225. The Morgan fingerprint density at radius 2 is 2.24 bits per heavy atom. The maximum Gasteiger partial charge on any atom is 0.287 e. The maximum absolute atomic E-state index is 11.9. The number of halogens is 1. The summed E-state index contributed by atoms with van der Waals surface area (Å²) in [6.07, 6.45) is 5.45. The Hall–Kier alpha value is -1.11. The fourth-order valence-electron chi connectivity index (χ4n) is 2.90. The van der Waals surface area contributed by atoms with Crippen molar-refractivity contribution in [3.8, 4) is 0 Å². The molecular formula is C14H21ClN4O2. The van der Waals surface area contributed by atoms with Gasteiger partial charge in [-0.1, -0.05) is 11.6 Å². The number of anilines is 1. The summed E-state index contributed by atoms with van der Waals surface area (Å²) >= 11 is 6.08. The molecule has 7 heteroatoms. The van der Waals surface area contributed by atoms with Gasteiger partial charge in [-0.25, -0.2) is 4.68 Å². The van der Waals surface area contributed by atoms with E-state index in [4.69, 9.17) is 16.7 Å². The highest BCUT2D eigenvalue weighted by atomic mass is 35.5. The van der Waals surface area contributed by atoms with Crippen LogP contribution in [0.5, 0.6) is 0 Å². The number of aliphatic hydroxyl groups is 1. The standard InChI is InChI=1S/C14H21ClN4O2/c15-13-12(8-17-19(5-6-20)14(13)21)16-7-10-3-4-18(9-10)11-1-2-11/h8,10-11,16,20H,1-7,9H2. The first kappa shape index (κ1) is 14.8. The van der Waals surface area contributed by atoms with E-state index in [2.05, 4.69) is 15.3 Å². The number of likely N-dealkylation sites (tertiary alicyclic amines) is 1. The van der Waals surface area contributed by atoms with Gasteiger partial charge in [0.05, 0.1) is 25.0 Å². The normalized spacial score (nSPS) is 22.7. The second-order valence-corrected chi connectivity index (χ2v) is 6.26. The molecule has 1 aliphatic carbocycles. The van der Waals surface area contributed by atoms with Crippen molar-refractivity contribution >= 4 is 17.3 Å². The van der Waals surface area contributed by atoms with Crippen molar-refractivity contribution in [1.29, 1.82) is 0 Å². The summed E-state index contributed by atoms with van der Waals surface area (Å²) in [5.74, 6) is 0.599. The van der Waals surface area contributed by atoms with Gasteiger partial charge in [0, 0.05) is 19.1 Å². The lowest BCUT2D eigenvalue weighted by Gasteiger charge is -2.16. The molecule has 0 aromatic carbocycles. The first-order chi connectivity index (χ1) is 10.2. The van der Waals surface area contributed by atoms with Crippen LogP contribution in [0.3, 0.4) is 0 Å². The monoisotopic (exact) mass is 312 g/mol. The summed E-state index contributed by atoms with van der Waals surface area (Å²) in [6, 6.07) is 0.822. The molecule has 6 nitrogen and oxygen atoms in total. The molecule has 0 amide bonds. The van der Waals surface area contributed by atoms with E-state index >= 15 is 0 Å². The van der Waals surface area contributed by atoms with E-state index in [0.717, 1.165) is 19.1 Å². The van der Waals surface area contributed by atoms with Gasteiger partial charge in [0.2, 0.25) is 0 Å². The van der Waals surface area contributed by atoms with Gasteiger partial charge in [0.15, 0.2) is 0 Å². The van der Waals surface area contributed by atoms with Crippen LogP contribution in [-0.4, -0.2) is 52.1 Å². The van der Waals surface area contributed by atoms with Crippen molar-refractivity contribution in [1.82, 2.24) is 14.7 Å². The largest absolute Gasteiger partial charge is 0.394 e. The molecule has 0 radical (unpaired) electrons. The number of hydrogen-bond acceptors (Lipinski definition) is 5. The Balaban J connectivity index is 1.58. The molecule has 1 aliphatic heterocycles. The van der Waals surface area contributed by atoms with Gasteiger partial charge in [-0.05, 0) is 31.7 Å². The van der Waals surface area contributed by atoms with Crippen LogP contribution in [0.25, 0.3) is 0 Å². The maximum atomic E-state index is 11.9. The minimum atomic E-state index is -0.359. The van der Waals surface area contributed by atoms with Crippen molar-refractivity contribution in [2.24, 2.45) is 5.92 Å². The molecule has 21 heavy (non-hydrogen) atoms. The van der Waals surface area contributed by atoms with E-state index in [1.54, 1.807) is 6.20 Å². The molecule has 1 saturated heterocycles. The van der Waals surface area contributed by atoms with Crippen LogP contribution in [-0.2, 0) is 6.54 Å². The Morgan fingerprint density at radius 3 is 2.95 bits per heavy atom. The minimum Gasteiger partial charge on any atom is -0.394 e. The van der Waals surface area contributed by atoms with Gasteiger partial charge in [0.25, 0.3) is 5.56 Å². The second-order valence-electron chi connectivity index (χ2n) is 5.89. The first-order valence-electron chi connectivity index (χ1n) is 7.53. The van der Waals surface area contributed by atoms with Crippen LogP contribution in [0.2, 0.25) is 5.02 Å². The first-order valence-corrected chi connectivity index (χ1v) is 7.91. The molecule has 2 heterocycles. The Bertz CT molecular complexity index is 558. The van der Waals surface area contributed by atoms with Crippen LogP contribution in [0.1, 0.15) is 19.3 Å². The third kappa shape index (κ3) is 3.39. The van der Waals surface area contributed by atoms with Crippen molar-refractivity contribution in [2.45, 2.75) is 31.8 Å². The zero-order valence-electron chi connectivity index (χ0n) is 12.0. The number of nitrogens with zero attached hydrogens (tertiary/aromatic N) is 3. The highest BCUT2D eigenvalue weighted by Gasteiger charge is 2.34. The molecule has 1 atom stereocenters. The van der Waals surface area contributed by atoms with E-state index in [1.807, 2.05) is 0 Å². The molecular weight excluding hydrogens is 292 g/mol. The van der Waals surface area contributed by atoms with E-state index in [1.165, 1.54) is 30.5 Å². The lowest BCUT2D eigenvalue weighted by atomic mass is 10.1. The Labute approximate surface area is 128 Å². The quantitative estimate of drug-likeness (QED) is 0.812. The van der Waals surface area contributed by atoms with Crippen molar-refractivity contribution in [3.05, 3.63) is 21.6 Å². The van der Waals surface area contributed by atoms with E-state index in [-0.39, 0.29) is 23.7 Å². The molecule has 3 rings (SSSR count). The molecule has 1 unspecified atom stereocenters. The summed E-state index contributed by atoms with van der Waals surface area (Å²) < 4.78 is 1.18. The van der Waals surface area contributed by atoms with E-state index in [0.29, 0.717) is 11.6 Å². The van der Waals surface area contributed by atoms with Gasteiger partial charge >= 0.3 is 0 Å². The molecule has 2 aliphatic rings. The highest BCUT2D eigenvalue weighted by molar-refractivity contribution is 6.32. The molecule has 2 fully saturated rings. The van der Waals surface area contributed by atoms with Crippen molar-refractivity contribution in [3.63, 3.8) is 0 Å². The third-order valence-corrected chi connectivity index (χ3v) is 4.62. The predicted molar refractivity (Wildman–Crippen MR) is 81.8 cm³/mol. The molecule has 116 valence electrons. The summed E-state index contributed by atoms with van der Waals surface area (Å²) in [4.78, 5) is 14.5. The molecule has 1 aromatic rings. The molecule has 0 spiro atoms. The van der Waals surface area contributed by atoms with Gasteiger partial charge in [-0.2, -0.15) is 5.10 Å². The lowest BCUT2D eigenvalue weighted by molar-refractivity contribution is 0.266. The molecule has 1 saturated carbocycles. The van der Waals surface area contributed by atoms with E-state index in [9.17, 15) is 4.79 Å². The van der Waals surface area contributed by atoms with Crippen LogP contribution in [0.4, 0.5) is 5.69 Å². The van der Waals surface area contributed by atoms with Crippen molar-refractivity contribution in [2.75, 3.05) is 31.6 Å². The lowest BCUT2D eigenvalue weighted by Crippen LogP contribution is -2.27. The smallest absolute Gasteiger partial charge is 0.287 e. The van der Waals surface area contributed by atoms with Gasteiger partial charge < -0.3 is 15.3 Å². The highest BCUT2D eigenvalue weighted by Crippen LogP contribution is 2.31. The zero-order chi connectivity index (χ0) is 14.8. The number of aliphatic hydroxyl groups excluding tert-OH is 1. The Morgan fingerprint density at radius 1 is 1.43 bits per heavy atom. The number of hydrogen-bond donors (Lipinski definition) is 2. The minimum absolute atomic E-state index is 0.130. The SMILES string of the molecule is O=c1c(Cl)c(NCC2CCN(C3CC3)C2)cnn1CCO. The van der Waals surface area contributed by atoms with Crippen LogP contribution < -0.4 is 10.9 Å². The zero-order valence-corrected chi connectivity index (χ0v) is 12.7. The number of nitrogens with one attached hydrogen (secondary N) is 1. The predicted octanol–water partition coefficient (Wildman–Crippen LogP) is 0.785. The fourth-order valence-corrected chi connectivity index (χ4v) is 3.11. The van der Waals surface area contributed by atoms with Gasteiger partial charge in [-0.3, -0.25) is 4.79 Å². The van der Waals surface area contributed by atoms with Gasteiger partial charge in [0.1, 0.15) is 5.02 Å². The van der Waals surface area contributed by atoms with Gasteiger partial charge in [-0.15, -0.1) is 0 Å². The number of aromatic nitrogens is 2. The summed E-state index contributed by atoms with van der Waals surface area (Å²) in [5, 5.41) is 16.3. The van der Waals surface area contributed by atoms with Crippen LogP contribution in [0, 0.1) is 5.92 Å².